The first-order chi connectivity index (χ1) is 39.5. The molecule has 0 aliphatic rings. The molecule has 6 nitrogen and oxygen atoms in total. The number of ether oxygens (including phenoxy) is 3. The molecule has 0 N–H and O–H groups in total. The monoisotopic (exact) mass is 1130 g/mol. The van der Waals surface area contributed by atoms with Gasteiger partial charge in [0.2, 0.25) is 0 Å². The van der Waals surface area contributed by atoms with Crippen LogP contribution >= 0.6 is 0 Å². The van der Waals surface area contributed by atoms with Crippen molar-refractivity contribution in [3.63, 3.8) is 0 Å². The van der Waals surface area contributed by atoms with Crippen LogP contribution in [0.5, 0.6) is 0 Å². The van der Waals surface area contributed by atoms with Crippen molar-refractivity contribution < 1.29 is 28.6 Å². The second-order valence-electron chi connectivity index (χ2n) is 25.2. The quantitative estimate of drug-likeness (QED) is 0.0261. The number of hydrogen-bond donors (Lipinski definition) is 0. The van der Waals surface area contributed by atoms with Gasteiger partial charge in [0.05, 0.1) is 0 Å². The predicted octanol–water partition coefficient (Wildman–Crippen LogP) is 25.2. The van der Waals surface area contributed by atoms with E-state index in [0.29, 0.717) is 19.3 Å². The van der Waals surface area contributed by atoms with Gasteiger partial charge in [0.1, 0.15) is 13.2 Å². The molecule has 0 fully saturated rings. The molecule has 0 radical (unpaired) electrons. The molecule has 0 aliphatic carbocycles. The van der Waals surface area contributed by atoms with Crippen LogP contribution in [0.3, 0.4) is 0 Å². The molecule has 0 rings (SSSR count). The highest BCUT2D eigenvalue weighted by molar-refractivity contribution is 5.71. The van der Waals surface area contributed by atoms with Crippen LogP contribution in [0.2, 0.25) is 0 Å². The zero-order valence-corrected chi connectivity index (χ0v) is 54.6. The minimum absolute atomic E-state index is 0.0627. The Morgan fingerprint density at radius 2 is 0.412 bits per heavy atom. The Kier molecular flexibility index (Phi) is 68.0. The topological polar surface area (TPSA) is 78.9 Å². The van der Waals surface area contributed by atoms with Crippen molar-refractivity contribution in [3.05, 3.63) is 12.2 Å². The number of unbranched alkanes of at least 4 members (excludes halogenated alkanes) is 56. The molecule has 0 spiro atoms. The van der Waals surface area contributed by atoms with Crippen molar-refractivity contribution in [2.24, 2.45) is 0 Å². The number of hydrogen-bond acceptors (Lipinski definition) is 6. The van der Waals surface area contributed by atoms with Gasteiger partial charge in [0.25, 0.3) is 0 Å². The summed E-state index contributed by atoms with van der Waals surface area (Å²) in [4.78, 5) is 38.2. The molecule has 0 saturated heterocycles. The number of esters is 3. The molecule has 6 heteroatoms. The SMILES string of the molecule is CCCCCCCCCC/C=C\CCCCCCCCCCCCCCCCCCCCCC(=O)OCC(COC(=O)CCCCCCCCC)OC(=O)CCCCCCCCCCCCCCCCCCCCCCCCCC. The fourth-order valence-electron chi connectivity index (χ4n) is 11.5. The first kappa shape index (κ1) is 78.1. The van der Waals surface area contributed by atoms with E-state index < -0.39 is 6.10 Å². The first-order valence-corrected chi connectivity index (χ1v) is 36.7. The van der Waals surface area contributed by atoms with E-state index in [1.807, 2.05) is 0 Å². The van der Waals surface area contributed by atoms with E-state index >= 15 is 0 Å². The fraction of sp³-hybridized carbons (Fsp3) is 0.932. The molecule has 0 aromatic heterocycles. The second-order valence-corrected chi connectivity index (χ2v) is 25.2. The summed E-state index contributed by atoms with van der Waals surface area (Å²) in [7, 11) is 0. The van der Waals surface area contributed by atoms with Crippen LogP contribution in [0.15, 0.2) is 12.2 Å². The highest BCUT2D eigenvalue weighted by Gasteiger charge is 2.20. The first-order valence-electron chi connectivity index (χ1n) is 36.7. The molecule has 0 bridgehead atoms. The molecule has 1 atom stereocenters. The lowest BCUT2D eigenvalue weighted by Crippen LogP contribution is -2.30. The minimum atomic E-state index is -0.763. The fourth-order valence-corrected chi connectivity index (χ4v) is 11.5. The minimum Gasteiger partial charge on any atom is -0.462 e. The van der Waals surface area contributed by atoms with E-state index in [0.717, 1.165) is 57.8 Å². The summed E-state index contributed by atoms with van der Waals surface area (Å²) in [5, 5.41) is 0. The number of carbonyl (C=O) groups is 3. The second kappa shape index (κ2) is 69.6. The van der Waals surface area contributed by atoms with Crippen molar-refractivity contribution in [2.45, 2.75) is 431 Å². The van der Waals surface area contributed by atoms with Gasteiger partial charge < -0.3 is 14.2 Å². The van der Waals surface area contributed by atoms with Gasteiger partial charge in [0.15, 0.2) is 6.10 Å². The molecule has 0 amide bonds. The molecule has 80 heavy (non-hydrogen) atoms. The Hall–Kier alpha value is -1.85. The van der Waals surface area contributed by atoms with Gasteiger partial charge in [-0.1, -0.05) is 373 Å². The van der Waals surface area contributed by atoms with Gasteiger partial charge in [-0.3, -0.25) is 14.4 Å². The third-order valence-electron chi connectivity index (χ3n) is 17.0. The molecular formula is C74H142O6. The number of allylic oxidation sites excluding steroid dienone is 2. The lowest BCUT2D eigenvalue weighted by molar-refractivity contribution is -0.167. The third-order valence-corrected chi connectivity index (χ3v) is 17.0. The maximum atomic E-state index is 12.9. The van der Waals surface area contributed by atoms with E-state index in [2.05, 4.69) is 32.9 Å². The maximum Gasteiger partial charge on any atom is 0.306 e. The van der Waals surface area contributed by atoms with Crippen molar-refractivity contribution in [1.29, 1.82) is 0 Å². The molecule has 474 valence electrons. The van der Waals surface area contributed by atoms with Crippen molar-refractivity contribution in [3.8, 4) is 0 Å². The van der Waals surface area contributed by atoms with Gasteiger partial charge in [-0.2, -0.15) is 0 Å². The average Bonchev–Trinajstić information content (AvgIpc) is 3.46. The summed E-state index contributed by atoms with van der Waals surface area (Å²) in [6, 6.07) is 0. The molecule has 1 unspecified atom stereocenters. The van der Waals surface area contributed by atoms with Gasteiger partial charge in [0, 0.05) is 19.3 Å². The van der Waals surface area contributed by atoms with E-state index in [-0.39, 0.29) is 31.1 Å². The normalized spacial score (nSPS) is 12.0. The summed E-state index contributed by atoms with van der Waals surface area (Å²) in [6.45, 7) is 6.69. The van der Waals surface area contributed by atoms with Gasteiger partial charge >= 0.3 is 17.9 Å². The Balaban J connectivity index is 3.96. The van der Waals surface area contributed by atoms with Gasteiger partial charge in [-0.25, -0.2) is 0 Å². The summed E-state index contributed by atoms with van der Waals surface area (Å²) in [6.07, 6.45) is 84.4. The van der Waals surface area contributed by atoms with E-state index in [4.69, 9.17) is 14.2 Å². The van der Waals surface area contributed by atoms with Crippen LogP contribution in [0, 0.1) is 0 Å². The van der Waals surface area contributed by atoms with Crippen LogP contribution in [0.25, 0.3) is 0 Å². The third kappa shape index (κ3) is 66.9. The molecular weight excluding hydrogens is 985 g/mol. The lowest BCUT2D eigenvalue weighted by atomic mass is 10.0. The van der Waals surface area contributed by atoms with Crippen LogP contribution < -0.4 is 0 Å². The Labute approximate surface area is 501 Å². The van der Waals surface area contributed by atoms with Crippen molar-refractivity contribution in [1.82, 2.24) is 0 Å². The molecule has 0 aromatic rings. The smallest absolute Gasteiger partial charge is 0.306 e. The molecule has 0 aliphatic heterocycles. The van der Waals surface area contributed by atoms with Gasteiger partial charge in [-0.15, -0.1) is 0 Å². The summed E-state index contributed by atoms with van der Waals surface area (Å²) in [5.74, 6) is -0.835. The van der Waals surface area contributed by atoms with Crippen LogP contribution in [-0.4, -0.2) is 37.2 Å². The van der Waals surface area contributed by atoms with Crippen LogP contribution in [0.4, 0.5) is 0 Å². The lowest BCUT2D eigenvalue weighted by Gasteiger charge is -2.18. The average molecular weight is 1130 g/mol. The number of rotatable bonds is 69. The summed E-state index contributed by atoms with van der Waals surface area (Å²) >= 11 is 0. The van der Waals surface area contributed by atoms with Crippen molar-refractivity contribution >= 4 is 17.9 Å². The Bertz CT molecular complexity index is 1250. The molecule has 0 aromatic carbocycles. The van der Waals surface area contributed by atoms with E-state index in [1.165, 1.54) is 327 Å². The summed E-state index contributed by atoms with van der Waals surface area (Å²) < 4.78 is 16.9. The van der Waals surface area contributed by atoms with Gasteiger partial charge in [-0.05, 0) is 44.9 Å². The highest BCUT2D eigenvalue weighted by Crippen LogP contribution is 2.19. The predicted molar refractivity (Wildman–Crippen MR) is 349 cm³/mol. The summed E-state index contributed by atoms with van der Waals surface area (Å²) in [5.41, 5.74) is 0. The maximum absolute atomic E-state index is 12.9. The van der Waals surface area contributed by atoms with Crippen LogP contribution in [-0.2, 0) is 28.6 Å². The Morgan fingerprint density at radius 3 is 0.625 bits per heavy atom. The zero-order valence-electron chi connectivity index (χ0n) is 54.6. The zero-order chi connectivity index (χ0) is 57.8. The number of carbonyl (C=O) groups excluding carboxylic acids is 3. The van der Waals surface area contributed by atoms with E-state index in [9.17, 15) is 14.4 Å². The Morgan fingerprint density at radius 1 is 0.237 bits per heavy atom. The standard InChI is InChI=1S/C74H142O6/c1-4-7-10-13-16-18-20-22-24-26-28-30-32-34-35-36-37-38-39-40-42-43-45-47-49-51-53-55-58-61-64-67-73(76)79-70-71(69-78-72(75)66-63-60-57-15-12-9-6-3)80-74(77)68-65-62-59-56-54-52-50-48-46-44-41-33-31-29-27-25-23-21-19-17-14-11-8-5-2/h26,28,71H,4-25,27,29-70H2,1-3H3/b28-26-. The van der Waals surface area contributed by atoms with E-state index in [1.54, 1.807) is 0 Å². The molecule has 0 saturated carbocycles. The molecule has 0 heterocycles. The van der Waals surface area contributed by atoms with Crippen molar-refractivity contribution in [2.75, 3.05) is 13.2 Å². The highest BCUT2D eigenvalue weighted by atomic mass is 16.6. The van der Waals surface area contributed by atoms with Crippen LogP contribution in [0.1, 0.15) is 425 Å². The largest absolute Gasteiger partial charge is 0.462 e.